The van der Waals surface area contributed by atoms with Gasteiger partial charge in [-0.2, -0.15) is 0 Å². The Labute approximate surface area is 196 Å². The summed E-state index contributed by atoms with van der Waals surface area (Å²) in [5.74, 6) is 0.445. The molecule has 1 aliphatic rings. The maximum Gasteiger partial charge on any atom is 0.297 e. The first kappa shape index (κ1) is 20.9. The van der Waals surface area contributed by atoms with Crippen molar-refractivity contribution in [2.24, 2.45) is 0 Å². The normalized spacial score (nSPS) is 15.4. The second kappa shape index (κ2) is 8.52. The standard InChI is InChI=1S/C24H19BrN2O4S/c1-2-3-11-30-16-7-4-14(5-8-16)20-19-21(28)17-13-15(25)6-9-18(17)31-22(19)23(29)27(20)24-26-10-12-32-24/h4-10,12-13,20H,2-3,11H2,1H3. The van der Waals surface area contributed by atoms with E-state index in [1.54, 1.807) is 34.7 Å². The molecular formula is C24H19BrN2O4S. The molecule has 0 aliphatic carbocycles. The third-order valence-corrected chi connectivity index (χ3v) is 6.68. The molecule has 0 saturated heterocycles. The Hall–Kier alpha value is -2.97. The summed E-state index contributed by atoms with van der Waals surface area (Å²) in [4.78, 5) is 32.8. The van der Waals surface area contributed by atoms with Crippen LogP contribution in [0.2, 0.25) is 0 Å². The third kappa shape index (κ3) is 3.53. The molecule has 0 N–H and O–H groups in total. The van der Waals surface area contributed by atoms with Crippen molar-refractivity contribution in [3.63, 3.8) is 0 Å². The Bertz CT molecular complexity index is 1350. The topological polar surface area (TPSA) is 72.6 Å². The molecule has 2 aromatic carbocycles. The molecule has 3 heterocycles. The zero-order valence-corrected chi connectivity index (χ0v) is 19.6. The Morgan fingerprint density at radius 1 is 1.19 bits per heavy atom. The van der Waals surface area contributed by atoms with Gasteiger partial charge in [0.1, 0.15) is 11.3 Å². The molecule has 1 amide bonds. The molecule has 6 nitrogen and oxygen atoms in total. The SMILES string of the molecule is CCCCOc1ccc(C2c3c(oc4ccc(Br)cc4c3=O)C(=O)N2c2nccs2)cc1. The lowest BCUT2D eigenvalue weighted by molar-refractivity contribution is 0.0971. The number of rotatable bonds is 6. The predicted octanol–water partition coefficient (Wildman–Crippen LogP) is 5.94. The lowest BCUT2D eigenvalue weighted by atomic mass is 9.98. The molecule has 0 radical (unpaired) electrons. The minimum Gasteiger partial charge on any atom is -0.494 e. The molecule has 0 spiro atoms. The van der Waals surface area contributed by atoms with Gasteiger partial charge in [0, 0.05) is 16.0 Å². The number of halogens is 1. The van der Waals surface area contributed by atoms with Crippen LogP contribution in [-0.2, 0) is 0 Å². The van der Waals surface area contributed by atoms with Crippen molar-refractivity contribution >= 4 is 49.3 Å². The number of hydrogen-bond donors (Lipinski definition) is 0. The molecule has 5 rings (SSSR count). The molecule has 1 unspecified atom stereocenters. The van der Waals surface area contributed by atoms with E-state index in [-0.39, 0.29) is 17.1 Å². The van der Waals surface area contributed by atoms with E-state index < -0.39 is 6.04 Å². The van der Waals surface area contributed by atoms with Crippen LogP contribution in [0.25, 0.3) is 11.0 Å². The summed E-state index contributed by atoms with van der Waals surface area (Å²) in [5.41, 5.74) is 1.28. The van der Waals surface area contributed by atoms with Crippen LogP contribution in [0, 0.1) is 0 Å². The Morgan fingerprint density at radius 2 is 2.00 bits per heavy atom. The number of aromatic nitrogens is 1. The average Bonchev–Trinajstić information content (AvgIpc) is 3.42. The van der Waals surface area contributed by atoms with Crippen LogP contribution in [-0.4, -0.2) is 17.5 Å². The van der Waals surface area contributed by atoms with Gasteiger partial charge in [-0.25, -0.2) is 4.98 Å². The highest BCUT2D eigenvalue weighted by atomic mass is 79.9. The number of fused-ring (bicyclic) bond motifs is 2. The number of carbonyl (C=O) groups excluding carboxylic acids is 1. The minimum atomic E-state index is -0.632. The molecule has 1 aliphatic heterocycles. The predicted molar refractivity (Wildman–Crippen MR) is 128 cm³/mol. The molecule has 8 heteroatoms. The third-order valence-electron chi connectivity index (χ3n) is 5.42. The van der Waals surface area contributed by atoms with Gasteiger partial charge in [0.15, 0.2) is 10.6 Å². The van der Waals surface area contributed by atoms with Gasteiger partial charge in [0.05, 0.1) is 23.6 Å². The van der Waals surface area contributed by atoms with E-state index in [4.69, 9.17) is 9.15 Å². The van der Waals surface area contributed by atoms with Crippen molar-refractivity contribution in [3.8, 4) is 5.75 Å². The number of anilines is 1. The number of hydrogen-bond acceptors (Lipinski definition) is 6. The second-order valence-electron chi connectivity index (χ2n) is 7.48. The fourth-order valence-corrected chi connectivity index (χ4v) is 4.90. The van der Waals surface area contributed by atoms with Crippen LogP contribution in [0.15, 0.2) is 67.7 Å². The summed E-state index contributed by atoms with van der Waals surface area (Å²) >= 11 is 4.76. The first-order chi connectivity index (χ1) is 15.6. The fourth-order valence-electron chi connectivity index (χ4n) is 3.87. The van der Waals surface area contributed by atoms with Crippen molar-refractivity contribution in [1.82, 2.24) is 4.98 Å². The van der Waals surface area contributed by atoms with Crippen LogP contribution in [0.1, 0.15) is 47.5 Å². The van der Waals surface area contributed by atoms with E-state index in [2.05, 4.69) is 27.8 Å². The monoisotopic (exact) mass is 510 g/mol. The molecule has 1 atom stereocenters. The second-order valence-corrected chi connectivity index (χ2v) is 9.27. The molecule has 0 fully saturated rings. The Kier molecular flexibility index (Phi) is 5.57. The number of benzene rings is 2. The molecule has 4 aromatic rings. The molecule has 162 valence electrons. The highest BCUT2D eigenvalue weighted by Gasteiger charge is 2.44. The van der Waals surface area contributed by atoms with Gasteiger partial charge < -0.3 is 9.15 Å². The van der Waals surface area contributed by atoms with Gasteiger partial charge in [-0.1, -0.05) is 41.4 Å². The lowest BCUT2D eigenvalue weighted by Crippen LogP contribution is -2.29. The number of thiazole rings is 1. The molecule has 32 heavy (non-hydrogen) atoms. The van der Waals surface area contributed by atoms with E-state index in [0.717, 1.165) is 28.6 Å². The van der Waals surface area contributed by atoms with Crippen LogP contribution in [0.4, 0.5) is 5.13 Å². The van der Waals surface area contributed by atoms with Crippen LogP contribution >= 0.6 is 27.3 Å². The van der Waals surface area contributed by atoms with Crippen LogP contribution in [0.3, 0.4) is 0 Å². The van der Waals surface area contributed by atoms with Gasteiger partial charge in [-0.15, -0.1) is 11.3 Å². The molecule has 0 saturated carbocycles. The van der Waals surface area contributed by atoms with Gasteiger partial charge in [-0.05, 0) is 42.3 Å². The highest BCUT2D eigenvalue weighted by molar-refractivity contribution is 9.10. The Balaban J connectivity index is 1.66. The lowest BCUT2D eigenvalue weighted by Gasteiger charge is -2.22. The average molecular weight is 511 g/mol. The highest BCUT2D eigenvalue weighted by Crippen LogP contribution is 2.42. The largest absolute Gasteiger partial charge is 0.494 e. The van der Waals surface area contributed by atoms with E-state index in [1.165, 1.54) is 11.3 Å². The van der Waals surface area contributed by atoms with Crippen LogP contribution < -0.4 is 15.1 Å². The first-order valence-corrected chi connectivity index (χ1v) is 12.0. The van der Waals surface area contributed by atoms with E-state index >= 15 is 0 Å². The summed E-state index contributed by atoms with van der Waals surface area (Å²) in [6.45, 7) is 2.76. The maximum atomic E-state index is 13.6. The zero-order chi connectivity index (χ0) is 22.2. The number of ether oxygens (including phenoxy) is 1. The van der Waals surface area contributed by atoms with Gasteiger partial charge >= 0.3 is 0 Å². The summed E-state index contributed by atoms with van der Waals surface area (Å²) in [6, 6.07) is 12.1. The fraction of sp³-hybridized carbons (Fsp3) is 0.208. The summed E-state index contributed by atoms with van der Waals surface area (Å²) in [7, 11) is 0. The minimum absolute atomic E-state index is 0.0632. The van der Waals surface area contributed by atoms with Crippen molar-refractivity contribution in [3.05, 3.63) is 85.6 Å². The molecule has 2 aromatic heterocycles. The molecular weight excluding hydrogens is 492 g/mol. The smallest absolute Gasteiger partial charge is 0.297 e. The zero-order valence-electron chi connectivity index (χ0n) is 17.2. The quantitative estimate of drug-likeness (QED) is 0.300. The van der Waals surface area contributed by atoms with Gasteiger partial charge in [-0.3, -0.25) is 14.5 Å². The van der Waals surface area contributed by atoms with Crippen molar-refractivity contribution < 1.29 is 13.9 Å². The van der Waals surface area contributed by atoms with Gasteiger partial charge in [0.25, 0.3) is 5.91 Å². The van der Waals surface area contributed by atoms with E-state index in [0.29, 0.717) is 28.3 Å². The number of nitrogens with zero attached hydrogens (tertiary/aromatic N) is 2. The van der Waals surface area contributed by atoms with E-state index in [9.17, 15) is 9.59 Å². The van der Waals surface area contributed by atoms with Crippen molar-refractivity contribution in [2.75, 3.05) is 11.5 Å². The number of unbranched alkanes of at least 4 members (excludes halogenated alkanes) is 1. The summed E-state index contributed by atoms with van der Waals surface area (Å²) in [6.07, 6.45) is 3.68. The van der Waals surface area contributed by atoms with Crippen molar-refractivity contribution in [1.29, 1.82) is 0 Å². The van der Waals surface area contributed by atoms with Crippen LogP contribution in [0.5, 0.6) is 5.75 Å². The molecule has 0 bridgehead atoms. The summed E-state index contributed by atoms with van der Waals surface area (Å²) < 4.78 is 12.5. The van der Waals surface area contributed by atoms with E-state index in [1.807, 2.05) is 24.3 Å². The maximum absolute atomic E-state index is 13.6. The summed E-state index contributed by atoms with van der Waals surface area (Å²) in [5, 5.41) is 2.74. The number of carbonyl (C=O) groups is 1. The Morgan fingerprint density at radius 3 is 2.72 bits per heavy atom. The van der Waals surface area contributed by atoms with Gasteiger partial charge in [0.2, 0.25) is 5.76 Å². The first-order valence-electron chi connectivity index (χ1n) is 10.3. The van der Waals surface area contributed by atoms with Crippen molar-refractivity contribution in [2.45, 2.75) is 25.8 Å². The number of amides is 1.